The number of amides is 2. The van der Waals surface area contributed by atoms with Gasteiger partial charge in [0, 0.05) is 24.8 Å². The molecular formula is C27H30F4N4O. The average molecular weight is 503 g/mol. The molecule has 2 fully saturated rings. The molecule has 2 aromatic rings. The number of carbonyl (C=O) groups is 1. The molecule has 2 amide bonds. The van der Waals surface area contributed by atoms with Crippen molar-refractivity contribution in [2.45, 2.75) is 56.7 Å². The van der Waals surface area contributed by atoms with Gasteiger partial charge in [0.15, 0.2) is 0 Å². The Morgan fingerprint density at radius 2 is 1.81 bits per heavy atom. The van der Waals surface area contributed by atoms with Gasteiger partial charge >= 0.3 is 12.2 Å². The summed E-state index contributed by atoms with van der Waals surface area (Å²) in [6.07, 6.45) is 0.678. The molecule has 2 aliphatic rings. The van der Waals surface area contributed by atoms with Gasteiger partial charge in [-0.25, -0.2) is 9.18 Å². The number of hydrogen-bond acceptors (Lipinski definition) is 3. The number of likely N-dealkylation sites (tertiary alicyclic amines) is 1. The molecule has 1 aliphatic heterocycles. The van der Waals surface area contributed by atoms with Crippen LogP contribution < -0.4 is 5.32 Å². The van der Waals surface area contributed by atoms with Crippen molar-refractivity contribution in [3.05, 3.63) is 65.0 Å². The Hall–Kier alpha value is -3.12. The SMILES string of the molecule is N#Cc1cccc(C2CCC(N(CCN3CCCC3)C(=O)Nc3cc(F)cc(C(F)(F)F)c3)CC2)c1. The molecule has 1 heterocycles. The van der Waals surface area contributed by atoms with E-state index >= 15 is 0 Å². The molecule has 36 heavy (non-hydrogen) atoms. The summed E-state index contributed by atoms with van der Waals surface area (Å²) in [5.74, 6) is -0.764. The van der Waals surface area contributed by atoms with E-state index in [4.69, 9.17) is 0 Å². The predicted octanol–water partition coefficient (Wildman–Crippen LogP) is 6.37. The smallest absolute Gasteiger partial charge is 0.320 e. The second kappa shape index (κ2) is 11.3. The lowest BCUT2D eigenvalue weighted by atomic mass is 9.81. The zero-order valence-electron chi connectivity index (χ0n) is 20.0. The number of carbonyl (C=O) groups excluding carboxylic acids is 1. The highest BCUT2D eigenvalue weighted by atomic mass is 19.4. The highest BCUT2D eigenvalue weighted by molar-refractivity contribution is 5.89. The minimum absolute atomic E-state index is 0.0707. The molecule has 1 saturated heterocycles. The number of nitriles is 1. The van der Waals surface area contributed by atoms with Crippen LogP contribution in [0.25, 0.3) is 0 Å². The number of nitrogens with zero attached hydrogens (tertiary/aromatic N) is 3. The van der Waals surface area contributed by atoms with Crippen LogP contribution in [0.15, 0.2) is 42.5 Å². The molecule has 0 atom stereocenters. The lowest BCUT2D eigenvalue weighted by molar-refractivity contribution is -0.137. The Balaban J connectivity index is 1.46. The Labute approximate surface area is 208 Å². The van der Waals surface area contributed by atoms with Gasteiger partial charge in [0.05, 0.1) is 17.2 Å². The minimum atomic E-state index is -4.71. The summed E-state index contributed by atoms with van der Waals surface area (Å²) in [7, 11) is 0. The van der Waals surface area contributed by atoms with Gasteiger partial charge in [0.1, 0.15) is 5.82 Å². The molecular weight excluding hydrogens is 472 g/mol. The second-order valence-corrected chi connectivity index (χ2v) is 9.64. The third kappa shape index (κ3) is 6.55. The molecule has 1 aliphatic carbocycles. The quantitative estimate of drug-likeness (QED) is 0.467. The molecule has 192 valence electrons. The molecule has 1 saturated carbocycles. The van der Waals surface area contributed by atoms with E-state index in [2.05, 4.69) is 16.3 Å². The number of halogens is 4. The van der Waals surface area contributed by atoms with Crippen LogP contribution in [-0.2, 0) is 6.18 Å². The summed E-state index contributed by atoms with van der Waals surface area (Å²) in [5.41, 5.74) is 0.386. The van der Waals surface area contributed by atoms with Gasteiger partial charge < -0.3 is 15.1 Å². The number of hydrogen-bond donors (Lipinski definition) is 1. The van der Waals surface area contributed by atoms with E-state index in [1.165, 1.54) is 0 Å². The summed E-state index contributed by atoms with van der Waals surface area (Å²) in [5, 5.41) is 11.7. The van der Waals surface area contributed by atoms with Crippen LogP contribution in [0.1, 0.15) is 61.1 Å². The van der Waals surface area contributed by atoms with Gasteiger partial charge in [-0.3, -0.25) is 0 Å². The zero-order chi connectivity index (χ0) is 25.7. The summed E-state index contributed by atoms with van der Waals surface area (Å²) in [6, 6.07) is 11.3. The van der Waals surface area contributed by atoms with Crippen molar-refractivity contribution in [3.8, 4) is 6.07 Å². The summed E-state index contributed by atoms with van der Waals surface area (Å²) in [4.78, 5) is 17.3. The highest BCUT2D eigenvalue weighted by Crippen LogP contribution is 2.36. The average Bonchev–Trinajstić information content (AvgIpc) is 3.37. The topological polar surface area (TPSA) is 59.4 Å². The standard InChI is InChI=1S/C27H30F4N4O/c28-23-15-22(27(29,30)31)16-24(17-23)33-26(36)35(13-12-34-10-1-2-11-34)25-8-6-20(7-9-25)21-5-3-4-19(14-21)18-32/h3-5,14-17,20,25H,1-2,6-13H2,(H,33,36). The highest BCUT2D eigenvalue weighted by Gasteiger charge is 2.33. The number of nitrogens with one attached hydrogen (secondary N) is 1. The summed E-state index contributed by atoms with van der Waals surface area (Å²) >= 11 is 0. The lowest BCUT2D eigenvalue weighted by Crippen LogP contribution is -2.47. The Morgan fingerprint density at radius 3 is 2.47 bits per heavy atom. The maximum atomic E-state index is 13.9. The van der Waals surface area contributed by atoms with Gasteiger partial charge in [-0.2, -0.15) is 18.4 Å². The molecule has 4 rings (SSSR count). The predicted molar refractivity (Wildman–Crippen MR) is 129 cm³/mol. The van der Waals surface area contributed by atoms with E-state index in [-0.39, 0.29) is 17.6 Å². The molecule has 1 N–H and O–H groups in total. The molecule has 2 aromatic carbocycles. The zero-order valence-corrected chi connectivity index (χ0v) is 20.0. The second-order valence-electron chi connectivity index (χ2n) is 9.64. The Kier molecular flexibility index (Phi) is 8.14. The Bertz CT molecular complexity index is 1100. The first-order valence-corrected chi connectivity index (χ1v) is 12.4. The molecule has 0 spiro atoms. The number of anilines is 1. The van der Waals surface area contributed by atoms with Crippen molar-refractivity contribution < 1.29 is 22.4 Å². The molecule has 0 bridgehead atoms. The van der Waals surface area contributed by atoms with E-state index < -0.39 is 23.6 Å². The minimum Gasteiger partial charge on any atom is -0.320 e. The third-order valence-corrected chi connectivity index (χ3v) is 7.22. The maximum absolute atomic E-state index is 13.9. The van der Waals surface area contributed by atoms with Crippen LogP contribution >= 0.6 is 0 Å². The number of rotatable bonds is 6. The van der Waals surface area contributed by atoms with Gasteiger partial charge in [0.2, 0.25) is 0 Å². The fourth-order valence-electron chi connectivity index (χ4n) is 5.31. The first kappa shape index (κ1) is 26.0. The van der Waals surface area contributed by atoms with Gasteiger partial charge in [-0.05, 0) is 93.4 Å². The van der Waals surface area contributed by atoms with E-state index in [1.807, 2.05) is 18.2 Å². The van der Waals surface area contributed by atoms with Gasteiger partial charge in [-0.15, -0.1) is 0 Å². The molecule has 5 nitrogen and oxygen atoms in total. The van der Waals surface area contributed by atoms with Crippen LogP contribution in [0.2, 0.25) is 0 Å². The van der Waals surface area contributed by atoms with Crippen molar-refractivity contribution in [2.24, 2.45) is 0 Å². The number of alkyl halides is 3. The fourth-order valence-corrected chi connectivity index (χ4v) is 5.31. The van der Waals surface area contributed by atoms with Crippen LogP contribution in [0, 0.1) is 17.1 Å². The Morgan fingerprint density at radius 1 is 1.08 bits per heavy atom. The van der Waals surface area contributed by atoms with E-state index in [9.17, 15) is 27.6 Å². The van der Waals surface area contributed by atoms with Crippen molar-refractivity contribution in [1.82, 2.24) is 9.80 Å². The van der Waals surface area contributed by atoms with Crippen molar-refractivity contribution in [2.75, 3.05) is 31.5 Å². The number of benzene rings is 2. The first-order chi connectivity index (χ1) is 17.2. The molecule has 0 unspecified atom stereocenters. The van der Waals surface area contributed by atoms with E-state index in [1.54, 1.807) is 11.0 Å². The van der Waals surface area contributed by atoms with Crippen molar-refractivity contribution in [1.29, 1.82) is 5.26 Å². The van der Waals surface area contributed by atoms with Crippen LogP contribution in [-0.4, -0.2) is 48.1 Å². The monoisotopic (exact) mass is 502 g/mol. The lowest BCUT2D eigenvalue weighted by Gasteiger charge is -2.38. The van der Waals surface area contributed by atoms with E-state index in [0.29, 0.717) is 24.7 Å². The maximum Gasteiger partial charge on any atom is 0.416 e. The molecule has 0 aromatic heterocycles. The largest absolute Gasteiger partial charge is 0.416 e. The molecule has 9 heteroatoms. The van der Waals surface area contributed by atoms with Gasteiger partial charge in [0.25, 0.3) is 0 Å². The summed E-state index contributed by atoms with van der Waals surface area (Å²) < 4.78 is 53.3. The van der Waals surface area contributed by atoms with Crippen LogP contribution in [0.3, 0.4) is 0 Å². The third-order valence-electron chi connectivity index (χ3n) is 7.22. The van der Waals surface area contributed by atoms with Crippen LogP contribution in [0.5, 0.6) is 0 Å². The first-order valence-electron chi connectivity index (χ1n) is 12.4. The number of urea groups is 1. The van der Waals surface area contributed by atoms with Crippen LogP contribution in [0.4, 0.5) is 28.0 Å². The van der Waals surface area contributed by atoms with E-state index in [0.717, 1.165) is 69.3 Å². The summed E-state index contributed by atoms with van der Waals surface area (Å²) in [6.45, 7) is 3.08. The van der Waals surface area contributed by atoms with Crippen molar-refractivity contribution in [3.63, 3.8) is 0 Å². The van der Waals surface area contributed by atoms with Gasteiger partial charge in [-0.1, -0.05) is 12.1 Å². The van der Waals surface area contributed by atoms with Crippen molar-refractivity contribution >= 4 is 11.7 Å². The fraction of sp³-hybridized carbons (Fsp3) is 0.481. The molecule has 0 radical (unpaired) electrons. The normalized spacial score (nSPS) is 20.6.